The molecular formula is C6H4BrNO2. The number of carbonyl (C=O) groups is 1. The Morgan fingerprint density at radius 3 is 3.20 bits per heavy atom. The number of carbonyl (C=O) groups excluding carboxylic acids is 1. The van der Waals surface area contributed by atoms with Gasteiger partial charge in [-0.15, -0.1) is 0 Å². The first-order valence-electron chi connectivity index (χ1n) is 2.84. The molecule has 0 bridgehead atoms. The number of fused-ring (bicyclic) bond motifs is 1. The Bertz CT molecular complexity index is 292. The summed E-state index contributed by atoms with van der Waals surface area (Å²) in [7, 11) is 0. The van der Waals surface area contributed by atoms with E-state index in [2.05, 4.69) is 21.2 Å². The van der Waals surface area contributed by atoms with Crippen molar-refractivity contribution in [2.75, 3.05) is 0 Å². The summed E-state index contributed by atoms with van der Waals surface area (Å²) in [6.07, 6.45) is 0. The number of rotatable bonds is 0. The smallest absolute Gasteiger partial charge is 0.255 e. The van der Waals surface area contributed by atoms with Crippen LogP contribution in [0.4, 0.5) is 0 Å². The van der Waals surface area contributed by atoms with Gasteiger partial charge in [0.1, 0.15) is 5.76 Å². The predicted molar refractivity (Wildman–Crippen MR) is 37.6 cm³/mol. The molecule has 0 unspecified atom stereocenters. The molecule has 1 amide bonds. The fourth-order valence-corrected chi connectivity index (χ4v) is 1.40. The lowest BCUT2D eigenvalue weighted by atomic mass is 10.3. The summed E-state index contributed by atoms with van der Waals surface area (Å²) in [6, 6.07) is 1.68. The molecule has 1 aromatic rings. The maximum atomic E-state index is 10.9. The highest BCUT2D eigenvalue weighted by atomic mass is 79.9. The molecule has 0 saturated carbocycles. The van der Waals surface area contributed by atoms with Crippen LogP contribution in [0.25, 0.3) is 0 Å². The molecule has 0 atom stereocenters. The average molecular weight is 202 g/mol. The Kier molecular flexibility index (Phi) is 1.11. The SMILES string of the molecule is O=C1NCc2oc(Br)cc21. The summed E-state index contributed by atoms with van der Waals surface area (Å²) < 4.78 is 5.75. The van der Waals surface area contributed by atoms with Gasteiger partial charge in [-0.1, -0.05) is 0 Å². The molecule has 1 aliphatic rings. The van der Waals surface area contributed by atoms with Gasteiger partial charge in [-0.25, -0.2) is 0 Å². The summed E-state index contributed by atoms with van der Waals surface area (Å²) in [4.78, 5) is 10.9. The average Bonchev–Trinajstić information content (AvgIpc) is 2.35. The van der Waals surface area contributed by atoms with E-state index in [-0.39, 0.29) is 5.91 Å². The maximum absolute atomic E-state index is 10.9. The maximum Gasteiger partial charge on any atom is 0.255 e. The molecule has 52 valence electrons. The minimum Gasteiger partial charge on any atom is -0.452 e. The molecule has 10 heavy (non-hydrogen) atoms. The molecule has 1 N–H and O–H groups in total. The normalized spacial score (nSPS) is 15.1. The van der Waals surface area contributed by atoms with Crippen LogP contribution < -0.4 is 5.32 Å². The van der Waals surface area contributed by atoms with Crippen LogP contribution in [0.5, 0.6) is 0 Å². The van der Waals surface area contributed by atoms with Gasteiger partial charge in [0.2, 0.25) is 0 Å². The van der Waals surface area contributed by atoms with Crippen LogP contribution in [0, 0.1) is 0 Å². The summed E-state index contributed by atoms with van der Waals surface area (Å²) in [6.45, 7) is 0.514. The lowest BCUT2D eigenvalue weighted by Gasteiger charge is -1.86. The lowest BCUT2D eigenvalue weighted by molar-refractivity contribution is 0.0965. The van der Waals surface area contributed by atoms with E-state index in [4.69, 9.17) is 4.42 Å². The van der Waals surface area contributed by atoms with E-state index in [0.29, 0.717) is 16.8 Å². The summed E-state index contributed by atoms with van der Waals surface area (Å²) >= 11 is 3.14. The molecule has 4 heteroatoms. The first-order chi connectivity index (χ1) is 4.77. The molecule has 0 spiro atoms. The van der Waals surface area contributed by atoms with Crippen LogP contribution in [0.15, 0.2) is 15.2 Å². The van der Waals surface area contributed by atoms with Crippen molar-refractivity contribution in [2.24, 2.45) is 0 Å². The minimum absolute atomic E-state index is 0.0514. The molecule has 0 saturated heterocycles. The highest BCUT2D eigenvalue weighted by Crippen LogP contribution is 2.23. The summed E-state index contributed by atoms with van der Waals surface area (Å²) in [5.74, 6) is 0.668. The van der Waals surface area contributed by atoms with Crippen LogP contribution in [0.1, 0.15) is 16.1 Å². The van der Waals surface area contributed by atoms with Crippen LogP contribution in [-0.2, 0) is 6.54 Å². The molecule has 0 aromatic carbocycles. The van der Waals surface area contributed by atoms with Crippen molar-refractivity contribution in [3.8, 4) is 0 Å². The first kappa shape index (κ1) is 5.97. The van der Waals surface area contributed by atoms with Crippen LogP contribution in [0.2, 0.25) is 0 Å². The van der Waals surface area contributed by atoms with Gasteiger partial charge in [0.15, 0.2) is 4.67 Å². The van der Waals surface area contributed by atoms with E-state index in [9.17, 15) is 4.79 Å². The van der Waals surface area contributed by atoms with Gasteiger partial charge in [-0.05, 0) is 15.9 Å². The van der Waals surface area contributed by atoms with Gasteiger partial charge >= 0.3 is 0 Å². The third-order valence-electron chi connectivity index (χ3n) is 1.43. The fraction of sp³-hybridized carbons (Fsp3) is 0.167. The third kappa shape index (κ3) is 0.686. The Hall–Kier alpha value is -0.770. The number of hydrogen-bond acceptors (Lipinski definition) is 2. The van der Waals surface area contributed by atoms with Gasteiger partial charge in [-0.2, -0.15) is 0 Å². The summed E-state index contributed by atoms with van der Waals surface area (Å²) in [5, 5.41) is 2.64. The molecule has 0 aliphatic carbocycles. The summed E-state index contributed by atoms with van der Waals surface area (Å²) in [5.41, 5.74) is 0.645. The van der Waals surface area contributed by atoms with Crippen molar-refractivity contribution >= 4 is 21.8 Å². The molecule has 2 heterocycles. The number of nitrogens with one attached hydrogen (secondary N) is 1. The minimum atomic E-state index is -0.0514. The van der Waals surface area contributed by atoms with Crippen molar-refractivity contribution in [2.45, 2.75) is 6.54 Å². The molecule has 0 radical (unpaired) electrons. The molecular weight excluding hydrogens is 198 g/mol. The van der Waals surface area contributed by atoms with E-state index in [0.717, 1.165) is 5.76 Å². The van der Waals surface area contributed by atoms with Gasteiger partial charge in [0, 0.05) is 6.07 Å². The largest absolute Gasteiger partial charge is 0.452 e. The zero-order valence-electron chi connectivity index (χ0n) is 4.98. The number of furan rings is 1. The number of halogens is 1. The zero-order chi connectivity index (χ0) is 7.14. The second kappa shape index (κ2) is 1.85. The van der Waals surface area contributed by atoms with Gasteiger partial charge < -0.3 is 9.73 Å². The second-order valence-electron chi connectivity index (χ2n) is 2.07. The zero-order valence-corrected chi connectivity index (χ0v) is 6.56. The Balaban J connectivity index is 2.59. The van der Waals surface area contributed by atoms with Crippen molar-refractivity contribution in [1.29, 1.82) is 0 Å². The Morgan fingerprint density at radius 1 is 1.70 bits per heavy atom. The van der Waals surface area contributed by atoms with Crippen molar-refractivity contribution in [1.82, 2.24) is 5.32 Å². The van der Waals surface area contributed by atoms with E-state index in [1.807, 2.05) is 0 Å². The van der Waals surface area contributed by atoms with Crippen LogP contribution in [-0.4, -0.2) is 5.91 Å². The monoisotopic (exact) mass is 201 g/mol. The molecule has 1 aliphatic heterocycles. The van der Waals surface area contributed by atoms with Crippen molar-refractivity contribution in [3.05, 3.63) is 22.1 Å². The second-order valence-corrected chi connectivity index (χ2v) is 2.85. The molecule has 0 fully saturated rings. The van der Waals surface area contributed by atoms with Crippen molar-refractivity contribution < 1.29 is 9.21 Å². The van der Waals surface area contributed by atoms with Gasteiger partial charge in [-0.3, -0.25) is 4.79 Å². The quantitative estimate of drug-likeness (QED) is 0.688. The van der Waals surface area contributed by atoms with Gasteiger partial charge in [0.05, 0.1) is 12.1 Å². The topological polar surface area (TPSA) is 42.2 Å². The Morgan fingerprint density at radius 2 is 2.50 bits per heavy atom. The van der Waals surface area contributed by atoms with Gasteiger partial charge in [0.25, 0.3) is 5.91 Å². The first-order valence-corrected chi connectivity index (χ1v) is 3.63. The lowest BCUT2D eigenvalue weighted by Crippen LogP contribution is -2.12. The molecule has 2 rings (SSSR count). The number of hydrogen-bond donors (Lipinski definition) is 1. The molecule has 3 nitrogen and oxygen atoms in total. The predicted octanol–water partition coefficient (Wildman–Crippen LogP) is 1.29. The number of amides is 1. The van der Waals surface area contributed by atoms with E-state index >= 15 is 0 Å². The third-order valence-corrected chi connectivity index (χ3v) is 1.82. The highest BCUT2D eigenvalue weighted by molar-refractivity contribution is 9.10. The van der Waals surface area contributed by atoms with E-state index < -0.39 is 0 Å². The standard InChI is InChI=1S/C6H4BrNO2/c7-5-1-3-4(10-5)2-8-6(3)9/h1H,2H2,(H,8,9). The Labute approximate surface area is 65.5 Å². The van der Waals surface area contributed by atoms with Crippen LogP contribution >= 0.6 is 15.9 Å². The molecule has 1 aromatic heterocycles. The fourth-order valence-electron chi connectivity index (χ4n) is 0.975. The van der Waals surface area contributed by atoms with Crippen molar-refractivity contribution in [3.63, 3.8) is 0 Å². The van der Waals surface area contributed by atoms with Crippen LogP contribution in [0.3, 0.4) is 0 Å². The highest BCUT2D eigenvalue weighted by Gasteiger charge is 2.22. The van der Waals surface area contributed by atoms with E-state index in [1.165, 1.54) is 0 Å². The van der Waals surface area contributed by atoms with E-state index in [1.54, 1.807) is 6.07 Å².